The van der Waals surface area contributed by atoms with E-state index in [4.69, 9.17) is 4.74 Å². The highest BCUT2D eigenvalue weighted by molar-refractivity contribution is 9.09. The summed E-state index contributed by atoms with van der Waals surface area (Å²) >= 11 is 3.57. The van der Waals surface area contributed by atoms with E-state index >= 15 is 0 Å². The standard InChI is InChI=1S/C17H16BrNO2/c1-17(2)16(18)14(20)10-7-8-12-13(15(10)21-17)9-5-3-4-6-11(9)19-12/h3-8,14,16,19-20H,1-2H3/t14-,16+/m0/s1. The molecule has 4 rings (SSSR count). The third-order valence-corrected chi connectivity index (χ3v) is 5.88. The maximum atomic E-state index is 10.6. The van der Waals surface area contributed by atoms with E-state index in [1.807, 2.05) is 38.1 Å². The number of aliphatic hydroxyl groups excluding tert-OH is 1. The van der Waals surface area contributed by atoms with Crippen molar-refractivity contribution >= 4 is 37.7 Å². The normalized spacial score (nSPS) is 24.0. The third kappa shape index (κ3) is 1.75. The molecule has 1 aromatic heterocycles. The molecule has 0 saturated carbocycles. The smallest absolute Gasteiger partial charge is 0.136 e. The number of nitrogens with one attached hydrogen (secondary N) is 1. The van der Waals surface area contributed by atoms with Crippen molar-refractivity contribution in [1.29, 1.82) is 0 Å². The first kappa shape index (κ1) is 13.2. The summed E-state index contributed by atoms with van der Waals surface area (Å²) in [6, 6.07) is 12.1. The largest absolute Gasteiger partial charge is 0.485 e. The number of aliphatic hydroxyl groups is 1. The number of ether oxygens (including phenoxy) is 1. The van der Waals surface area contributed by atoms with Gasteiger partial charge in [-0.15, -0.1) is 0 Å². The van der Waals surface area contributed by atoms with Crippen LogP contribution in [0.4, 0.5) is 0 Å². The SMILES string of the molecule is CC1(C)Oc2c(ccc3[nH]c4ccccc4c23)[C@H](O)[C@H]1Br. The predicted molar refractivity (Wildman–Crippen MR) is 88.2 cm³/mol. The summed E-state index contributed by atoms with van der Waals surface area (Å²) in [4.78, 5) is 3.27. The molecule has 1 aliphatic heterocycles. The zero-order valence-electron chi connectivity index (χ0n) is 11.9. The van der Waals surface area contributed by atoms with E-state index in [9.17, 15) is 5.11 Å². The maximum Gasteiger partial charge on any atom is 0.136 e. The second-order valence-corrected chi connectivity index (χ2v) is 7.12. The van der Waals surface area contributed by atoms with Crippen molar-refractivity contribution in [1.82, 2.24) is 4.98 Å². The van der Waals surface area contributed by atoms with Gasteiger partial charge >= 0.3 is 0 Å². The second-order valence-electron chi connectivity index (χ2n) is 6.13. The lowest BCUT2D eigenvalue weighted by molar-refractivity contribution is 0.0241. The van der Waals surface area contributed by atoms with Crippen LogP contribution in [-0.2, 0) is 0 Å². The number of fused-ring (bicyclic) bond motifs is 5. The van der Waals surface area contributed by atoms with Gasteiger partial charge < -0.3 is 14.8 Å². The fourth-order valence-electron chi connectivity index (χ4n) is 3.13. The van der Waals surface area contributed by atoms with E-state index in [2.05, 4.69) is 33.0 Å². The molecule has 0 bridgehead atoms. The number of aromatic nitrogens is 1. The molecule has 108 valence electrons. The zero-order valence-corrected chi connectivity index (χ0v) is 13.4. The summed E-state index contributed by atoms with van der Waals surface area (Å²) in [6.07, 6.45) is -0.582. The van der Waals surface area contributed by atoms with Crippen LogP contribution in [0.25, 0.3) is 21.8 Å². The molecule has 4 heteroatoms. The van der Waals surface area contributed by atoms with E-state index < -0.39 is 11.7 Å². The Morgan fingerprint density at radius 1 is 1.14 bits per heavy atom. The molecule has 21 heavy (non-hydrogen) atoms. The summed E-state index contributed by atoms with van der Waals surface area (Å²) in [6.45, 7) is 3.98. The van der Waals surface area contributed by atoms with Crippen molar-refractivity contribution in [3.63, 3.8) is 0 Å². The van der Waals surface area contributed by atoms with Gasteiger partial charge in [-0.1, -0.05) is 40.2 Å². The molecule has 2 aromatic carbocycles. The number of para-hydroxylation sites is 1. The van der Waals surface area contributed by atoms with Crippen molar-refractivity contribution in [2.75, 3.05) is 0 Å². The van der Waals surface area contributed by atoms with Crippen LogP contribution in [0.1, 0.15) is 25.5 Å². The zero-order chi connectivity index (χ0) is 14.8. The van der Waals surface area contributed by atoms with Gasteiger partial charge in [0.1, 0.15) is 11.4 Å². The highest BCUT2D eigenvalue weighted by atomic mass is 79.9. The van der Waals surface area contributed by atoms with Gasteiger partial charge in [0.2, 0.25) is 0 Å². The number of H-pyrrole nitrogens is 1. The Hall–Kier alpha value is -1.52. The van der Waals surface area contributed by atoms with E-state index in [1.54, 1.807) is 0 Å². The molecule has 1 aliphatic rings. The van der Waals surface area contributed by atoms with Gasteiger partial charge in [0.25, 0.3) is 0 Å². The molecule has 3 aromatic rings. The molecule has 0 aliphatic carbocycles. The summed E-state index contributed by atoms with van der Waals surface area (Å²) in [5.74, 6) is 0.790. The summed E-state index contributed by atoms with van der Waals surface area (Å²) in [5, 5.41) is 12.8. The van der Waals surface area contributed by atoms with E-state index in [-0.39, 0.29) is 4.83 Å². The van der Waals surface area contributed by atoms with Crippen LogP contribution in [0, 0.1) is 0 Å². The van der Waals surface area contributed by atoms with Gasteiger partial charge in [0, 0.05) is 21.9 Å². The Labute approximate surface area is 131 Å². The molecule has 3 nitrogen and oxygen atoms in total. The minimum Gasteiger partial charge on any atom is -0.485 e. The maximum absolute atomic E-state index is 10.6. The molecule has 0 spiro atoms. The Morgan fingerprint density at radius 2 is 1.90 bits per heavy atom. The van der Waals surface area contributed by atoms with Crippen LogP contribution in [0.2, 0.25) is 0 Å². The van der Waals surface area contributed by atoms with Crippen molar-refractivity contribution in [2.24, 2.45) is 0 Å². The van der Waals surface area contributed by atoms with Crippen LogP contribution >= 0.6 is 15.9 Å². The van der Waals surface area contributed by atoms with Crippen LogP contribution in [0.5, 0.6) is 5.75 Å². The van der Waals surface area contributed by atoms with Gasteiger partial charge in [-0.3, -0.25) is 0 Å². The highest BCUT2D eigenvalue weighted by Gasteiger charge is 2.42. The van der Waals surface area contributed by atoms with Gasteiger partial charge in [-0.2, -0.15) is 0 Å². The molecule has 2 atom stereocenters. The van der Waals surface area contributed by atoms with E-state index in [1.165, 1.54) is 0 Å². The van der Waals surface area contributed by atoms with Gasteiger partial charge in [0.15, 0.2) is 0 Å². The minimum absolute atomic E-state index is 0.139. The van der Waals surface area contributed by atoms with Crippen molar-refractivity contribution < 1.29 is 9.84 Å². The fraction of sp³-hybridized carbons (Fsp3) is 0.294. The number of aromatic amines is 1. The molecule has 2 heterocycles. The molecule has 2 N–H and O–H groups in total. The molecular weight excluding hydrogens is 330 g/mol. The molecule has 0 radical (unpaired) electrons. The third-order valence-electron chi connectivity index (χ3n) is 4.28. The van der Waals surface area contributed by atoms with Gasteiger partial charge in [-0.25, -0.2) is 0 Å². The number of hydrogen-bond donors (Lipinski definition) is 2. The van der Waals surface area contributed by atoms with Crippen molar-refractivity contribution in [3.05, 3.63) is 42.0 Å². The van der Waals surface area contributed by atoms with Crippen molar-refractivity contribution in [3.8, 4) is 5.75 Å². The Morgan fingerprint density at radius 3 is 2.71 bits per heavy atom. The number of benzene rings is 2. The van der Waals surface area contributed by atoms with Crippen LogP contribution in [-0.4, -0.2) is 20.5 Å². The predicted octanol–water partition coefficient (Wildman–Crippen LogP) is 4.29. The first-order valence-electron chi connectivity index (χ1n) is 7.03. The van der Waals surface area contributed by atoms with Crippen molar-refractivity contribution in [2.45, 2.75) is 30.4 Å². The van der Waals surface area contributed by atoms with E-state index in [0.29, 0.717) is 0 Å². The molecular formula is C17H16BrNO2. The Bertz CT molecular complexity index is 852. The molecule has 0 amide bonds. The fourth-order valence-corrected chi connectivity index (χ4v) is 3.50. The van der Waals surface area contributed by atoms with Crippen LogP contribution < -0.4 is 4.74 Å². The lowest BCUT2D eigenvalue weighted by Gasteiger charge is -2.40. The monoisotopic (exact) mass is 345 g/mol. The lowest BCUT2D eigenvalue weighted by Crippen LogP contribution is -2.45. The lowest BCUT2D eigenvalue weighted by atomic mass is 9.90. The molecule has 0 fully saturated rings. The quantitative estimate of drug-likeness (QED) is 0.597. The Kier molecular flexibility index (Phi) is 2.66. The molecule has 0 saturated heterocycles. The Balaban J connectivity index is 2.11. The minimum atomic E-state index is -0.582. The summed E-state index contributed by atoms with van der Waals surface area (Å²) < 4.78 is 6.25. The average molecular weight is 346 g/mol. The first-order valence-corrected chi connectivity index (χ1v) is 7.95. The first-order chi connectivity index (χ1) is 9.99. The second kappa shape index (κ2) is 4.24. The number of alkyl halides is 1. The number of halogens is 1. The van der Waals surface area contributed by atoms with E-state index in [0.717, 1.165) is 33.1 Å². The number of hydrogen-bond acceptors (Lipinski definition) is 2. The van der Waals surface area contributed by atoms with Crippen LogP contribution in [0.15, 0.2) is 36.4 Å². The number of rotatable bonds is 0. The molecule has 0 unspecified atom stereocenters. The average Bonchev–Trinajstić information content (AvgIpc) is 2.83. The van der Waals surface area contributed by atoms with Crippen LogP contribution in [0.3, 0.4) is 0 Å². The highest BCUT2D eigenvalue weighted by Crippen LogP contribution is 2.47. The van der Waals surface area contributed by atoms with Gasteiger partial charge in [0.05, 0.1) is 16.4 Å². The topological polar surface area (TPSA) is 45.2 Å². The van der Waals surface area contributed by atoms with Gasteiger partial charge in [-0.05, 0) is 26.0 Å². The summed E-state index contributed by atoms with van der Waals surface area (Å²) in [5.41, 5.74) is 2.48. The summed E-state index contributed by atoms with van der Waals surface area (Å²) in [7, 11) is 0.